The summed E-state index contributed by atoms with van der Waals surface area (Å²) < 4.78 is 33.7. The van der Waals surface area contributed by atoms with Crippen LogP contribution in [-0.4, -0.2) is 49.4 Å². The number of amides is 1. The number of ether oxygens (including phenoxy) is 1. The molecule has 1 aliphatic rings. The number of thiazole rings is 1. The third kappa shape index (κ3) is 4.70. The van der Waals surface area contributed by atoms with Crippen molar-refractivity contribution >= 4 is 43.2 Å². The average Bonchev–Trinajstić information content (AvgIpc) is 3.38. The molecule has 1 N–H and O–H groups in total. The van der Waals surface area contributed by atoms with Crippen molar-refractivity contribution in [3.63, 3.8) is 0 Å². The highest BCUT2D eigenvalue weighted by Gasteiger charge is 2.31. The number of benzene rings is 2. The predicted octanol–water partition coefficient (Wildman–Crippen LogP) is 3.41. The van der Waals surface area contributed by atoms with E-state index < -0.39 is 15.9 Å². The van der Waals surface area contributed by atoms with Crippen LogP contribution in [0.15, 0.2) is 52.7 Å². The van der Waals surface area contributed by atoms with E-state index in [1.54, 1.807) is 18.2 Å². The summed E-state index contributed by atoms with van der Waals surface area (Å²) in [5, 5.41) is 6.76. The minimum absolute atomic E-state index is 0.138. The van der Waals surface area contributed by atoms with Crippen LogP contribution in [0.5, 0.6) is 0 Å². The number of nitrogens with zero attached hydrogens (tertiary/aromatic N) is 2. The van der Waals surface area contributed by atoms with Gasteiger partial charge in [-0.15, -0.1) is 11.3 Å². The molecule has 158 valence electrons. The van der Waals surface area contributed by atoms with E-state index in [4.69, 9.17) is 4.74 Å². The van der Waals surface area contributed by atoms with Crippen molar-refractivity contribution in [2.45, 2.75) is 30.8 Å². The number of anilines is 1. The Bertz CT molecular complexity index is 1150. The largest absolute Gasteiger partial charge is 0.377 e. The average molecular weight is 446 g/mol. The number of hydrogen-bond acceptors (Lipinski definition) is 6. The first-order valence-corrected chi connectivity index (χ1v) is 12.1. The molecule has 30 heavy (non-hydrogen) atoms. The lowest BCUT2D eigenvalue weighted by atomic mass is 10.1. The zero-order valence-electron chi connectivity index (χ0n) is 16.6. The van der Waals surface area contributed by atoms with Gasteiger partial charge in [-0.2, -0.15) is 4.31 Å². The van der Waals surface area contributed by atoms with Gasteiger partial charge in [-0.05, 0) is 42.7 Å². The Balaban J connectivity index is 1.60. The van der Waals surface area contributed by atoms with Gasteiger partial charge in [-0.1, -0.05) is 30.3 Å². The fourth-order valence-corrected chi connectivity index (χ4v) is 5.64. The van der Waals surface area contributed by atoms with Crippen LogP contribution in [0.1, 0.15) is 18.5 Å². The van der Waals surface area contributed by atoms with Gasteiger partial charge in [0.15, 0.2) is 5.13 Å². The molecule has 3 aromatic rings. The molecular formula is C21H23N3O4S2. The quantitative estimate of drug-likeness (QED) is 0.602. The van der Waals surface area contributed by atoms with E-state index in [2.05, 4.69) is 10.3 Å². The maximum Gasteiger partial charge on any atom is 0.243 e. The number of hydrogen-bond donors (Lipinski definition) is 1. The van der Waals surface area contributed by atoms with Crippen molar-refractivity contribution in [1.29, 1.82) is 0 Å². The first-order valence-electron chi connectivity index (χ1n) is 9.74. The Morgan fingerprint density at radius 1 is 1.27 bits per heavy atom. The molecule has 4 rings (SSSR count). The molecule has 7 nitrogen and oxygen atoms in total. The highest BCUT2D eigenvalue weighted by atomic mass is 32.2. The molecule has 0 spiro atoms. The highest BCUT2D eigenvalue weighted by molar-refractivity contribution is 7.89. The van der Waals surface area contributed by atoms with Crippen LogP contribution in [0.25, 0.3) is 10.8 Å². The molecule has 0 bridgehead atoms. The van der Waals surface area contributed by atoms with Crippen molar-refractivity contribution < 1.29 is 17.9 Å². The van der Waals surface area contributed by atoms with Gasteiger partial charge < -0.3 is 10.1 Å². The van der Waals surface area contributed by atoms with E-state index >= 15 is 0 Å². The molecule has 0 aliphatic carbocycles. The fourth-order valence-electron chi connectivity index (χ4n) is 3.47. The molecule has 1 saturated heterocycles. The normalized spacial score (nSPS) is 16.9. The maximum absolute atomic E-state index is 13.4. The zero-order valence-corrected chi connectivity index (χ0v) is 18.2. The summed E-state index contributed by atoms with van der Waals surface area (Å²) in [7, 11) is -3.89. The van der Waals surface area contributed by atoms with Gasteiger partial charge in [0.25, 0.3) is 0 Å². The molecule has 1 unspecified atom stereocenters. The van der Waals surface area contributed by atoms with Gasteiger partial charge in [-0.25, -0.2) is 13.4 Å². The van der Waals surface area contributed by atoms with Crippen molar-refractivity contribution in [3.05, 3.63) is 53.5 Å². The minimum atomic E-state index is -3.89. The van der Waals surface area contributed by atoms with Crippen LogP contribution in [0.2, 0.25) is 0 Å². The van der Waals surface area contributed by atoms with Crippen LogP contribution >= 0.6 is 11.3 Å². The Labute approximate surface area is 179 Å². The maximum atomic E-state index is 13.4. The van der Waals surface area contributed by atoms with Crippen LogP contribution < -0.4 is 5.32 Å². The first kappa shape index (κ1) is 20.9. The number of carbonyl (C=O) groups excluding carboxylic acids is 1. The minimum Gasteiger partial charge on any atom is -0.377 e. The summed E-state index contributed by atoms with van der Waals surface area (Å²) in [5.74, 6) is -0.424. The van der Waals surface area contributed by atoms with Crippen LogP contribution in [0.4, 0.5) is 5.13 Å². The summed E-state index contributed by atoms with van der Waals surface area (Å²) in [6.45, 7) is 2.28. The predicted molar refractivity (Wildman–Crippen MR) is 117 cm³/mol. The third-order valence-electron chi connectivity index (χ3n) is 4.98. The number of fused-ring (bicyclic) bond motifs is 1. The number of rotatable bonds is 7. The van der Waals surface area contributed by atoms with Crippen LogP contribution in [0.3, 0.4) is 0 Å². The smallest absolute Gasteiger partial charge is 0.243 e. The molecule has 0 saturated carbocycles. The van der Waals surface area contributed by atoms with Gasteiger partial charge in [0, 0.05) is 18.5 Å². The molecule has 1 fully saturated rings. The van der Waals surface area contributed by atoms with Crippen molar-refractivity contribution in [2.24, 2.45) is 0 Å². The highest BCUT2D eigenvalue weighted by Crippen LogP contribution is 2.24. The molecule has 1 amide bonds. The molecule has 2 heterocycles. The standard InChI is InChI=1S/C21H23N3O4S2/c1-15-14-29-21(22-15)23-20(25)13-24(12-18-7-4-10-28-18)30(26,27)19-9-8-16-5-2-3-6-17(16)11-19/h2-3,5-6,8-9,11,14,18H,4,7,10,12-13H2,1H3,(H,22,23,25). The van der Waals surface area contributed by atoms with Gasteiger partial charge in [-0.3, -0.25) is 4.79 Å². The van der Waals surface area contributed by atoms with E-state index in [1.165, 1.54) is 15.6 Å². The molecule has 1 aromatic heterocycles. The van der Waals surface area contributed by atoms with E-state index in [0.717, 1.165) is 29.3 Å². The van der Waals surface area contributed by atoms with Crippen molar-refractivity contribution in [2.75, 3.05) is 25.0 Å². The number of sulfonamides is 1. The summed E-state index contributed by atoms with van der Waals surface area (Å²) >= 11 is 1.31. The second kappa shape index (κ2) is 8.81. The summed E-state index contributed by atoms with van der Waals surface area (Å²) in [6, 6.07) is 12.6. The summed E-state index contributed by atoms with van der Waals surface area (Å²) in [4.78, 5) is 17.0. The van der Waals surface area contributed by atoms with Gasteiger partial charge in [0.1, 0.15) is 0 Å². The number of nitrogens with one attached hydrogen (secondary N) is 1. The molecule has 0 radical (unpaired) electrons. The Kier molecular flexibility index (Phi) is 6.14. The number of aromatic nitrogens is 1. The van der Waals surface area contributed by atoms with Crippen molar-refractivity contribution in [1.82, 2.24) is 9.29 Å². The van der Waals surface area contributed by atoms with E-state index in [1.807, 2.05) is 36.6 Å². The fraction of sp³-hybridized carbons (Fsp3) is 0.333. The van der Waals surface area contributed by atoms with E-state index in [0.29, 0.717) is 11.7 Å². The topological polar surface area (TPSA) is 88.6 Å². The van der Waals surface area contributed by atoms with Gasteiger partial charge >= 0.3 is 0 Å². The second-order valence-electron chi connectivity index (χ2n) is 7.28. The van der Waals surface area contributed by atoms with Crippen LogP contribution in [-0.2, 0) is 19.6 Å². The molecule has 1 aliphatic heterocycles. The van der Waals surface area contributed by atoms with Crippen LogP contribution in [0, 0.1) is 6.92 Å². The van der Waals surface area contributed by atoms with E-state index in [9.17, 15) is 13.2 Å². The van der Waals surface area contributed by atoms with Crippen molar-refractivity contribution in [3.8, 4) is 0 Å². The SMILES string of the molecule is Cc1csc(NC(=O)CN(CC2CCCO2)S(=O)(=O)c2ccc3ccccc3c2)n1. The zero-order chi connectivity index (χ0) is 21.1. The van der Waals surface area contributed by atoms with Gasteiger partial charge in [0.05, 0.1) is 23.2 Å². The Morgan fingerprint density at radius 3 is 2.77 bits per heavy atom. The summed E-state index contributed by atoms with van der Waals surface area (Å²) in [6.07, 6.45) is 1.45. The lowest BCUT2D eigenvalue weighted by Gasteiger charge is -2.24. The molecule has 9 heteroatoms. The Morgan fingerprint density at radius 2 is 2.07 bits per heavy atom. The molecule has 1 atom stereocenters. The second-order valence-corrected chi connectivity index (χ2v) is 10.1. The summed E-state index contributed by atoms with van der Waals surface area (Å²) in [5.41, 5.74) is 0.801. The molecule has 2 aromatic carbocycles. The van der Waals surface area contributed by atoms with E-state index in [-0.39, 0.29) is 24.1 Å². The lowest BCUT2D eigenvalue weighted by Crippen LogP contribution is -2.42. The number of aryl methyl sites for hydroxylation is 1. The monoisotopic (exact) mass is 445 g/mol. The number of carbonyl (C=O) groups is 1. The Hall–Kier alpha value is -2.33. The van der Waals surface area contributed by atoms with Gasteiger partial charge in [0.2, 0.25) is 15.9 Å². The third-order valence-corrected chi connectivity index (χ3v) is 7.66. The molecular weight excluding hydrogens is 422 g/mol. The first-order chi connectivity index (χ1) is 14.4. The lowest BCUT2D eigenvalue weighted by molar-refractivity contribution is -0.116.